The molecule has 0 aliphatic carbocycles. The summed E-state index contributed by atoms with van der Waals surface area (Å²) in [5.41, 5.74) is 0. The van der Waals surface area contributed by atoms with E-state index in [1.165, 1.54) is 0 Å². The van der Waals surface area contributed by atoms with Crippen molar-refractivity contribution in [2.45, 2.75) is 12.5 Å². The Morgan fingerprint density at radius 2 is 1.56 bits per heavy atom. The Balaban J connectivity index is 5.23. The van der Waals surface area contributed by atoms with Gasteiger partial charge in [-0.15, -0.1) is 0 Å². The van der Waals surface area contributed by atoms with Crippen molar-refractivity contribution in [2.24, 2.45) is 5.92 Å². The maximum absolute atomic E-state index is 11.4. The highest BCUT2D eigenvalue weighted by Gasteiger charge is 2.46. The average Bonchev–Trinajstić information content (AvgIpc) is 2.35. The third kappa shape index (κ3) is 4.00. The van der Waals surface area contributed by atoms with Crippen LogP contribution in [0.4, 0.5) is 0 Å². The number of hydrogen-bond donors (Lipinski definition) is 0. The summed E-state index contributed by atoms with van der Waals surface area (Å²) >= 11 is 0. The van der Waals surface area contributed by atoms with Crippen molar-refractivity contribution >= 4 is 17.9 Å². The third-order valence-electron chi connectivity index (χ3n) is 2.17. The third-order valence-corrected chi connectivity index (χ3v) is 2.17. The average molecular weight is 263 g/mol. The van der Waals surface area contributed by atoms with Gasteiger partial charge in [0, 0.05) is 4.92 Å². The number of hydrogen-bond acceptors (Lipinski definition) is 8. The van der Waals surface area contributed by atoms with Gasteiger partial charge in [-0.05, 0) is 0 Å². The van der Waals surface area contributed by atoms with Crippen molar-refractivity contribution in [3.63, 3.8) is 0 Å². The highest BCUT2D eigenvalue weighted by molar-refractivity contribution is 5.87. The topological polar surface area (TPSA) is 122 Å². The molecule has 0 heterocycles. The predicted octanol–water partition coefficient (Wildman–Crippen LogP) is -0.843. The molecular weight excluding hydrogens is 250 g/mol. The second-order valence-electron chi connectivity index (χ2n) is 3.16. The second-order valence-corrected chi connectivity index (χ2v) is 3.16. The van der Waals surface area contributed by atoms with Crippen molar-refractivity contribution < 1.29 is 33.5 Å². The zero-order chi connectivity index (χ0) is 14.3. The zero-order valence-electron chi connectivity index (χ0n) is 10.1. The number of nitro groups is 1. The second kappa shape index (κ2) is 7.20. The highest BCUT2D eigenvalue weighted by Crippen LogP contribution is 2.16. The van der Waals surface area contributed by atoms with Crippen LogP contribution in [0, 0.1) is 16.0 Å². The van der Waals surface area contributed by atoms with Crippen LogP contribution in [0.15, 0.2) is 0 Å². The van der Waals surface area contributed by atoms with E-state index in [9.17, 15) is 24.5 Å². The molecule has 102 valence electrons. The van der Waals surface area contributed by atoms with Crippen LogP contribution in [-0.4, -0.2) is 50.2 Å². The van der Waals surface area contributed by atoms with Crippen LogP contribution in [0.1, 0.15) is 6.42 Å². The fourth-order valence-electron chi connectivity index (χ4n) is 1.26. The Bertz CT molecular complexity index is 352. The summed E-state index contributed by atoms with van der Waals surface area (Å²) in [7, 11) is 2.97. The molecule has 0 bridgehead atoms. The monoisotopic (exact) mass is 263 g/mol. The molecule has 0 aliphatic rings. The van der Waals surface area contributed by atoms with Gasteiger partial charge in [0.15, 0.2) is 0 Å². The van der Waals surface area contributed by atoms with Gasteiger partial charge in [-0.3, -0.25) is 19.7 Å². The van der Waals surface area contributed by atoms with E-state index in [2.05, 4.69) is 14.2 Å². The number of methoxy groups -OCH3 is 3. The van der Waals surface area contributed by atoms with Gasteiger partial charge in [-0.1, -0.05) is 0 Å². The molecule has 18 heavy (non-hydrogen) atoms. The van der Waals surface area contributed by atoms with Gasteiger partial charge in [0.25, 0.3) is 0 Å². The molecule has 0 fully saturated rings. The number of nitrogens with zero attached hydrogens (tertiary/aromatic N) is 1. The first-order chi connectivity index (χ1) is 8.38. The molecule has 0 N–H and O–H groups in total. The Morgan fingerprint density at radius 1 is 1.06 bits per heavy atom. The minimum Gasteiger partial charge on any atom is -0.469 e. The Hall–Kier alpha value is -2.19. The van der Waals surface area contributed by atoms with E-state index in [1.54, 1.807) is 0 Å². The van der Waals surface area contributed by atoms with E-state index in [0.717, 1.165) is 21.3 Å². The molecule has 0 aromatic heterocycles. The van der Waals surface area contributed by atoms with Gasteiger partial charge >= 0.3 is 23.9 Å². The molecule has 0 saturated heterocycles. The van der Waals surface area contributed by atoms with Crippen LogP contribution in [0.2, 0.25) is 0 Å². The van der Waals surface area contributed by atoms with E-state index in [-0.39, 0.29) is 0 Å². The highest BCUT2D eigenvalue weighted by atomic mass is 16.6. The maximum atomic E-state index is 11.4. The minimum atomic E-state index is -2.01. The van der Waals surface area contributed by atoms with Crippen molar-refractivity contribution in [1.29, 1.82) is 0 Å². The van der Waals surface area contributed by atoms with Gasteiger partial charge < -0.3 is 14.2 Å². The summed E-state index contributed by atoms with van der Waals surface area (Å²) in [5.74, 6) is -4.77. The van der Waals surface area contributed by atoms with E-state index in [1.807, 2.05) is 0 Å². The Kier molecular flexibility index (Phi) is 6.32. The summed E-state index contributed by atoms with van der Waals surface area (Å²) in [5, 5.41) is 10.8. The number of rotatable bonds is 6. The van der Waals surface area contributed by atoms with Crippen LogP contribution in [0.25, 0.3) is 0 Å². The number of ether oxygens (including phenoxy) is 3. The summed E-state index contributed by atoms with van der Waals surface area (Å²) in [4.78, 5) is 43.5. The zero-order valence-corrected chi connectivity index (χ0v) is 10.1. The number of carbonyl (C=O) groups is 3. The summed E-state index contributed by atoms with van der Waals surface area (Å²) < 4.78 is 12.8. The Morgan fingerprint density at radius 3 is 1.89 bits per heavy atom. The molecule has 0 rings (SSSR count). The van der Waals surface area contributed by atoms with Gasteiger partial charge in [0.05, 0.1) is 27.8 Å². The lowest BCUT2D eigenvalue weighted by Gasteiger charge is -2.15. The SMILES string of the molecule is COC(=O)CC(C(=O)OC)C(C(=O)OC)[N+](=O)[O-]. The summed E-state index contributed by atoms with van der Waals surface area (Å²) in [6.07, 6.45) is -0.649. The molecule has 2 unspecified atom stereocenters. The molecule has 0 spiro atoms. The van der Waals surface area contributed by atoms with Gasteiger partial charge in [0.2, 0.25) is 0 Å². The van der Waals surface area contributed by atoms with Crippen LogP contribution >= 0.6 is 0 Å². The Labute approximate surface area is 102 Å². The van der Waals surface area contributed by atoms with Crippen LogP contribution in [-0.2, 0) is 28.6 Å². The maximum Gasteiger partial charge on any atom is 0.382 e. The molecule has 0 aromatic carbocycles. The number of esters is 3. The summed E-state index contributed by atoms with van der Waals surface area (Å²) in [6.45, 7) is 0. The molecule has 2 atom stereocenters. The van der Waals surface area contributed by atoms with Gasteiger partial charge in [0.1, 0.15) is 5.92 Å². The molecule has 9 heteroatoms. The van der Waals surface area contributed by atoms with E-state index in [0.29, 0.717) is 0 Å². The standard InChI is InChI=1S/C9H13NO8/c1-16-6(11)4-5(8(12)17-2)7(10(14)15)9(13)18-3/h5,7H,4H2,1-3H3. The fraction of sp³-hybridized carbons (Fsp3) is 0.667. The predicted molar refractivity (Wildman–Crippen MR) is 54.9 cm³/mol. The minimum absolute atomic E-state index is 0.649. The van der Waals surface area contributed by atoms with Crippen molar-refractivity contribution in [3.8, 4) is 0 Å². The van der Waals surface area contributed by atoms with Crippen LogP contribution in [0.3, 0.4) is 0 Å². The van der Waals surface area contributed by atoms with Crippen molar-refractivity contribution in [3.05, 3.63) is 10.1 Å². The first-order valence-electron chi connectivity index (χ1n) is 4.75. The van der Waals surface area contributed by atoms with E-state index < -0.39 is 41.2 Å². The van der Waals surface area contributed by atoms with E-state index >= 15 is 0 Å². The molecule has 9 nitrogen and oxygen atoms in total. The molecule has 0 radical (unpaired) electrons. The molecule has 0 saturated carbocycles. The summed E-state index contributed by atoms with van der Waals surface area (Å²) in [6, 6.07) is -2.01. The lowest BCUT2D eigenvalue weighted by molar-refractivity contribution is -0.517. The first-order valence-corrected chi connectivity index (χ1v) is 4.75. The lowest BCUT2D eigenvalue weighted by atomic mass is 9.96. The van der Waals surface area contributed by atoms with E-state index in [4.69, 9.17) is 0 Å². The van der Waals surface area contributed by atoms with Gasteiger partial charge in [-0.2, -0.15) is 0 Å². The lowest BCUT2D eigenvalue weighted by Crippen LogP contribution is -2.43. The molecule has 0 aliphatic heterocycles. The smallest absolute Gasteiger partial charge is 0.382 e. The molecule has 0 amide bonds. The molecular formula is C9H13NO8. The molecule has 0 aromatic rings. The van der Waals surface area contributed by atoms with Gasteiger partial charge in [-0.25, -0.2) is 4.79 Å². The van der Waals surface area contributed by atoms with Crippen molar-refractivity contribution in [1.82, 2.24) is 0 Å². The fourth-order valence-corrected chi connectivity index (χ4v) is 1.26. The normalized spacial score (nSPS) is 13.1. The quantitative estimate of drug-likeness (QED) is 0.263. The van der Waals surface area contributed by atoms with Crippen LogP contribution in [0.5, 0.6) is 0 Å². The number of carbonyl (C=O) groups excluding carboxylic acids is 3. The first kappa shape index (κ1) is 15.8. The van der Waals surface area contributed by atoms with Crippen molar-refractivity contribution in [2.75, 3.05) is 21.3 Å². The van der Waals surface area contributed by atoms with Crippen LogP contribution < -0.4 is 0 Å². The largest absolute Gasteiger partial charge is 0.469 e.